The SMILES string of the molecule is O=C1NC(=O)C(=Cc2ccc(C(=O)NCC3(c4ccccc4)CC3)cc2)S1. The molecule has 0 spiro atoms. The van der Waals surface area contributed by atoms with Gasteiger partial charge in [-0.2, -0.15) is 0 Å². The van der Waals surface area contributed by atoms with Crippen LogP contribution >= 0.6 is 11.8 Å². The van der Waals surface area contributed by atoms with Gasteiger partial charge >= 0.3 is 0 Å². The second-order valence-electron chi connectivity index (χ2n) is 6.80. The average Bonchev–Trinajstić information content (AvgIpc) is 3.41. The molecule has 5 nitrogen and oxygen atoms in total. The maximum atomic E-state index is 12.5. The third-order valence-corrected chi connectivity index (χ3v) is 5.75. The molecule has 0 bridgehead atoms. The van der Waals surface area contributed by atoms with Gasteiger partial charge in [0.1, 0.15) is 0 Å². The molecular weight excluding hydrogens is 360 g/mol. The Labute approximate surface area is 161 Å². The Kier molecular flexibility index (Phi) is 4.58. The van der Waals surface area contributed by atoms with E-state index in [2.05, 4.69) is 22.8 Å². The maximum Gasteiger partial charge on any atom is 0.290 e. The number of nitrogens with one attached hydrogen (secondary N) is 2. The first-order valence-electron chi connectivity index (χ1n) is 8.74. The van der Waals surface area contributed by atoms with Crippen LogP contribution < -0.4 is 10.6 Å². The minimum atomic E-state index is -0.387. The highest BCUT2D eigenvalue weighted by Gasteiger charge is 2.44. The molecule has 2 aromatic carbocycles. The van der Waals surface area contributed by atoms with Gasteiger partial charge in [-0.25, -0.2) is 0 Å². The summed E-state index contributed by atoms with van der Waals surface area (Å²) in [5.41, 5.74) is 2.68. The van der Waals surface area contributed by atoms with Crippen molar-refractivity contribution >= 4 is 34.9 Å². The predicted octanol–water partition coefficient (Wildman–Crippen LogP) is 3.47. The standard InChI is InChI=1S/C21H18N2O3S/c24-18(22-13-21(10-11-21)16-4-2-1-3-5-16)15-8-6-14(7-9-15)12-17-19(25)23-20(26)27-17/h1-9,12H,10-11,13H2,(H,22,24)(H,23,25,26). The van der Waals surface area contributed by atoms with Crippen LogP contribution in [-0.2, 0) is 10.2 Å². The van der Waals surface area contributed by atoms with Gasteiger partial charge in [0.2, 0.25) is 0 Å². The number of carbonyl (C=O) groups excluding carboxylic acids is 3. The molecule has 0 unspecified atom stereocenters. The molecule has 3 amide bonds. The molecule has 0 atom stereocenters. The molecule has 4 rings (SSSR count). The molecule has 2 fully saturated rings. The van der Waals surface area contributed by atoms with Crippen molar-refractivity contribution in [1.82, 2.24) is 10.6 Å². The monoisotopic (exact) mass is 378 g/mol. The first-order valence-corrected chi connectivity index (χ1v) is 9.56. The molecule has 27 heavy (non-hydrogen) atoms. The van der Waals surface area contributed by atoms with Crippen molar-refractivity contribution < 1.29 is 14.4 Å². The number of imide groups is 1. The van der Waals surface area contributed by atoms with Crippen LogP contribution in [-0.4, -0.2) is 23.6 Å². The summed E-state index contributed by atoms with van der Waals surface area (Å²) >= 11 is 0.877. The number of rotatable bonds is 5. The Morgan fingerprint density at radius 1 is 1.07 bits per heavy atom. The number of hydrogen-bond donors (Lipinski definition) is 2. The molecule has 2 aliphatic rings. The first-order chi connectivity index (χ1) is 13.1. The first kappa shape index (κ1) is 17.5. The Morgan fingerprint density at radius 2 is 1.78 bits per heavy atom. The summed E-state index contributed by atoms with van der Waals surface area (Å²) in [5.74, 6) is -0.498. The number of benzene rings is 2. The highest BCUT2D eigenvalue weighted by molar-refractivity contribution is 8.18. The van der Waals surface area contributed by atoms with Crippen molar-refractivity contribution in [1.29, 1.82) is 0 Å². The molecule has 0 aromatic heterocycles. The van der Waals surface area contributed by atoms with Gasteiger partial charge in [-0.05, 0) is 53.9 Å². The fraction of sp³-hybridized carbons (Fsp3) is 0.190. The minimum absolute atomic E-state index is 0.0703. The Hall–Kier alpha value is -2.86. The van der Waals surface area contributed by atoms with E-state index < -0.39 is 0 Å². The van der Waals surface area contributed by atoms with E-state index in [0.29, 0.717) is 17.0 Å². The van der Waals surface area contributed by atoms with Gasteiger partial charge < -0.3 is 5.32 Å². The fourth-order valence-electron chi connectivity index (χ4n) is 3.16. The van der Waals surface area contributed by atoms with E-state index in [4.69, 9.17) is 0 Å². The van der Waals surface area contributed by atoms with Crippen LogP contribution in [0.4, 0.5) is 4.79 Å². The zero-order chi connectivity index (χ0) is 18.9. The molecule has 6 heteroatoms. The van der Waals surface area contributed by atoms with Crippen molar-refractivity contribution in [3.05, 3.63) is 76.2 Å². The molecule has 1 aliphatic carbocycles. The third kappa shape index (κ3) is 3.80. The quantitative estimate of drug-likeness (QED) is 0.781. The average molecular weight is 378 g/mol. The molecule has 1 saturated heterocycles. The zero-order valence-corrected chi connectivity index (χ0v) is 15.3. The predicted molar refractivity (Wildman–Crippen MR) is 105 cm³/mol. The van der Waals surface area contributed by atoms with E-state index in [1.54, 1.807) is 30.3 Å². The van der Waals surface area contributed by atoms with E-state index in [1.165, 1.54) is 5.56 Å². The summed E-state index contributed by atoms with van der Waals surface area (Å²) in [6, 6.07) is 17.3. The van der Waals surface area contributed by atoms with Gasteiger partial charge in [0.05, 0.1) is 4.91 Å². The van der Waals surface area contributed by atoms with Crippen LogP contribution in [0, 0.1) is 0 Å². The van der Waals surface area contributed by atoms with Crippen molar-refractivity contribution in [2.24, 2.45) is 0 Å². The molecule has 0 radical (unpaired) electrons. The highest BCUT2D eigenvalue weighted by atomic mass is 32.2. The Balaban J connectivity index is 1.39. The molecule has 2 N–H and O–H groups in total. The van der Waals surface area contributed by atoms with Crippen LogP contribution in [0.2, 0.25) is 0 Å². The zero-order valence-electron chi connectivity index (χ0n) is 14.5. The summed E-state index contributed by atoms with van der Waals surface area (Å²) in [7, 11) is 0. The van der Waals surface area contributed by atoms with E-state index >= 15 is 0 Å². The van der Waals surface area contributed by atoms with Crippen LogP contribution in [0.25, 0.3) is 6.08 Å². The number of carbonyl (C=O) groups is 3. The van der Waals surface area contributed by atoms with E-state index in [0.717, 1.165) is 30.2 Å². The summed E-state index contributed by atoms with van der Waals surface area (Å²) in [4.78, 5) is 35.6. The lowest BCUT2D eigenvalue weighted by Crippen LogP contribution is -2.32. The molecule has 2 aromatic rings. The smallest absolute Gasteiger partial charge is 0.290 e. The molecular formula is C21H18N2O3S. The van der Waals surface area contributed by atoms with E-state index in [-0.39, 0.29) is 22.5 Å². The lowest BCUT2D eigenvalue weighted by molar-refractivity contribution is -0.115. The van der Waals surface area contributed by atoms with Crippen LogP contribution in [0.15, 0.2) is 59.5 Å². The fourth-order valence-corrected chi connectivity index (χ4v) is 3.85. The minimum Gasteiger partial charge on any atom is -0.351 e. The lowest BCUT2D eigenvalue weighted by Gasteiger charge is -2.16. The molecule has 136 valence electrons. The van der Waals surface area contributed by atoms with Gasteiger partial charge in [0.25, 0.3) is 17.1 Å². The van der Waals surface area contributed by atoms with Crippen molar-refractivity contribution in [3.63, 3.8) is 0 Å². The van der Waals surface area contributed by atoms with E-state index in [9.17, 15) is 14.4 Å². The van der Waals surface area contributed by atoms with Crippen LogP contribution in [0.1, 0.15) is 34.3 Å². The van der Waals surface area contributed by atoms with Crippen LogP contribution in [0.5, 0.6) is 0 Å². The van der Waals surface area contributed by atoms with Gasteiger partial charge in [0.15, 0.2) is 0 Å². The number of amides is 3. The van der Waals surface area contributed by atoms with E-state index in [1.807, 2.05) is 18.2 Å². The highest BCUT2D eigenvalue weighted by Crippen LogP contribution is 2.47. The summed E-state index contributed by atoms with van der Waals surface area (Å²) in [6.45, 7) is 0.626. The second kappa shape index (κ2) is 7.04. The number of hydrogen-bond acceptors (Lipinski definition) is 4. The van der Waals surface area contributed by atoms with Crippen molar-refractivity contribution in [3.8, 4) is 0 Å². The lowest BCUT2D eigenvalue weighted by atomic mass is 9.96. The van der Waals surface area contributed by atoms with Crippen molar-refractivity contribution in [2.75, 3.05) is 6.54 Å². The largest absolute Gasteiger partial charge is 0.351 e. The molecule has 1 heterocycles. The number of thioether (sulfide) groups is 1. The normalized spacial score (nSPS) is 19.0. The summed E-state index contributed by atoms with van der Waals surface area (Å²) in [6.07, 6.45) is 3.81. The maximum absolute atomic E-state index is 12.5. The third-order valence-electron chi connectivity index (χ3n) is 4.94. The summed E-state index contributed by atoms with van der Waals surface area (Å²) in [5, 5.41) is 4.89. The molecule has 1 saturated carbocycles. The second-order valence-corrected chi connectivity index (χ2v) is 7.82. The Morgan fingerprint density at radius 3 is 2.37 bits per heavy atom. The van der Waals surface area contributed by atoms with Gasteiger partial charge in [-0.1, -0.05) is 42.5 Å². The van der Waals surface area contributed by atoms with Crippen molar-refractivity contribution in [2.45, 2.75) is 18.3 Å². The topological polar surface area (TPSA) is 75.3 Å². The Bertz CT molecular complexity index is 932. The summed E-state index contributed by atoms with van der Waals surface area (Å²) < 4.78 is 0. The van der Waals surface area contributed by atoms with Gasteiger partial charge in [0, 0.05) is 17.5 Å². The van der Waals surface area contributed by atoms with Gasteiger partial charge in [-0.3, -0.25) is 19.7 Å². The van der Waals surface area contributed by atoms with Crippen LogP contribution in [0.3, 0.4) is 0 Å². The molecule has 1 aliphatic heterocycles. The van der Waals surface area contributed by atoms with Gasteiger partial charge in [-0.15, -0.1) is 0 Å².